The van der Waals surface area contributed by atoms with Crippen molar-refractivity contribution < 1.29 is 14.4 Å². The van der Waals surface area contributed by atoms with E-state index in [1.807, 2.05) is 67.6 Å². The molecule has 1 atom stereocenters. The van der Waals surface area contributed by atoms with Crippen molar-refractivity contribution in [1.29, 1.82) is 0 Å². The molecule has 0 unspecified atom stereocenters. The summed E-state index contributed by atoms with van der Waals surface area (Å²) in [4.78, 5) is 41.6. The van der Waals surface area contributed by atoms with Gasteiger partial charge in [0, 0.05) is 31.0 Å². The topological polar surface area (TPSA) is 88.2 Å². The molecule has 1 aromatic heterocycles. The van der Waals surface area contributed by atoms with Crippen molar-refractivity contribution in [2.45, 2.75) is 64.5 Å². The van der Waals surface area contributed by atoms with E-state index in [1.54, 1.807) is 6.20 Å². The zero-order valence-corrected chi connectivity index (χ0v) is 19.8. The fourth-order valence-electron chi connectivity index (χ4n) is 3.85. The number of unbranched alkanes of at least 4 members (excludes halogenated alkanes) is 2. The molecule has 34 heavy (non-hydrogen) atoms. The number of carbonyl (C=O) groups is 3. The molecule has 0 aliphatic rings. The van der Waals surface area contributed by atoms with Gasteiger partial charge in [-0.1, -0.05) is 68.3 Å². The van der Waals surface area contributed by atoms with Gasteiger partial charge >= 0.3 is 0 Å². The number of benzene rings is 2. The highest BCUT2D eigenvalue weighted by Gasteiger charge is 2.20. The fourth-order valence-corrected chi connectivity index (χ4v) is 3.85. The summed E-state index contributed by atoms with van der Waals surface area (Å²) in [5.74, 6) is -0.131. The number of pyridine rings is 1. The monoisotopic (exact) mass is 459 g/mol. The van der Waals surface area contributed by atoms with Crippen molar-refractivity contribution in [1.82, 2.24) is 15.6 Å². The highest BCUT2D eigenvalue weighted by molar-refractivity contribution is 5.88. The highest BCUT2D eigenvalue weighted by atomic mass is 16.2. The van der Waals surface area contributed by atoms with Crippen LogP contribution in [-0.4, -0.2) is 28.6 Å². The van der Waals surface area contributed by atoms with Crippen LogP contribution in [0.5, 0.6) is 0 Å². The summed E-state index contributed by atoms with van der Waals surface area (Å²) in [5.41, 5.74) is 2.71. The molecular weight excluding hydrogens is 426 g/mol. The number of rotatable bonds is 13. The van der Waals surface area contributed by atoms with E-state index in [0.717, 1.165) is 41.3 Å². The number of para-hydroxylation sites is 1. The van der Waals surface area contributed by atoms with E-state index in [1.165, 1.54) is 0 Å². The van der Waals surface area contributed by atoms with Gasteiger partial charge in [-0.05, 0) is 36.1 Å². The molecule has 2 aromatic carbocycles. The minimum atomic E-state index is -0.619. The van der Waals surface area contributed by atoms with Gasteiger partial charge in [0.1, 0.15) is 11.8 Å². The number of fused-ring (bicyclic) bond motifs is 1. The Labute approximate surface area is 201 Å². The van der Waals surface area contributed by atoms with Crippen molar-refractivity contribution in [3.8, 4) is 0 Å². The van der Waals surface area contributed by atoms with Crippen molar-refractivity contribution in [3.05, 3.63) is 78.0 Å². The summed E-state index contributed by atoms with van der Waals surface area (Å²) < 4.78 is 0. The maximum absolute atomic E-state index is 13.0. The Morgan fingerprint density at radius 3 is 2.47 bits per heavy atom. The van der Waals surface area contributed by atoms with Gasteiger partial charge in [0.25, 0.3) is 0 Å². The molecule has 2 amide bonds. The second kappa shape index (κ2) is 13.2. The van der Waals surface area contributed by atoms with E-state index in [4.69, 9.17) is 0 Å². The molecule has 6 nitrogen and oxygen atoms in total. The van der Waals surface area contributed by atoms with Crippen LogP contribution in [-0.2, 0) is 27.3 Å². The number of amides is 2. The number of aromatic nitrogens is 1. The third-order valence-corrected chi connectivity index (χ3v) is 5.82. The zero-order chi connectivity index (χ0) is 24.2. The third kappa shape index (κ3) is 8.10. The number of nitrogens with zero attached hydrogens (tertiary/aromatic N) is 1. The lowest BCUT2D eigenvalue weighted by molar-refractivity contribution is -0.129. The molecule has 0 bridgehead atoms. The van der Waals surface area contributed by atoms with Gasteiger partial charge in [-0.25, -0.2) is 0 Å². The Hall–Kier alpha value is -3.54. The van der Waals surface area contributed by atoms with Crippen LogP contribution in [0, 0.1) is 0 Å². The van der Waals surface area contributed by atoms with Crippen LogP contribution in [0.2, 0.25) is 0 Å². The van der Waals surface area contributed by atoms with Crippen molar-refractivity contribution in [2.24, 2.45) is 0 Å². The Morgan fingerprint density at radius 2 is 1.68 bits per heavy atom. The van der Waals surface area contributed by atoms with Crippen molar-refractivity contribution in [3.63, 3.8) is 0 Å². The highest BCUT2D eigenvalue weighted by Crippen LogP contribution is 2.13. The van der Waals surface area contributed by atoms with Crippen LogP contribution < -0.4 is 10.6 Å². The molecule has 3 aromatic rings. The van der Waals surface area contributed by atoms with Gasteiger partial charge < -0.3 is 10.6 Å². The molecular formula is C28H33N3O3. The molecule has 0 saturated heterocycles. The summed E-state index contributed by atoms with van der Waals surface area (Å²) in [5, 5.41) is 6.88. The Balaban J connectivity index is 1.57. The predicted octanol–water partition coefficient (Wildman–Crippen LogP) is 4.51. The minimum absolute atomic E-state index is 0.181. The average molecular weight is 460 g/mol. The summed E-state index contributed by atoms with van der Waals surface area (Å²) in [6, 6.07) is 18.7. The largest absolute Gasteiger partial charge is 0.350 e. The third-order valence-electron chi connectivity index (χ3n) is 5.82. The lowest BCUT2D eigenvalue weighted by Gasteiger charge is -2.19. The van der Waals surface area contributed by atoms with Gasteiger partial charge in [0.2, 0.25) is 11.8 Å². The van der Waals surface area contributed by atoms with Crippen LogP contribution in [0.1, 0.15) is 56.6 Å². The second-order valence-electron chi connectivity index (χ2n) is 8.53. The van der Waals surface area contributed by atoms with Crippen LogP contribution in [0.3, 0.4) is 0 Å². The van der Waals surface area contributed by atoms with Gasteiger partial charge in [-0.15, -0.1) is 0 Å². The van der Waals surface area contributed by atoms with Gasteiger partial charge in [-0.3, -0.25) is 19.4 Å². The minimum Gasteiger partial charge on any atom is -0.350 e. The molecule has 0 aliphatic heterocycles. The summed E-state index contributed by atoms with van der Waals surface area (Å²) in [6.07, 6.45) is 6.06. The lowest BCUT2D eigenvalue weighted by Crippen LogP contribution is -2.47. The van der Waals surface area contributed by atoms with Gasteiger partial charge in [-0.2, -0.15) is 0 Å². The standard InChI is InChI=1S/C28H33N3O3/c1-2-24(32)14-7-4-8-16-26(31-27(33)18-21-11-5-3-6-12-21)28(34)30-20-22-17-23-13-9-10-15-25(23)29-19-22/h3,5-6,9-13,15,17,19,26H,2,4,7-8,14,16,18,20H2,1H3,(H,30,34)(H,31,33)/t26-/m0/s1. The second-order valence-corrected chi connectivity index (χ2v) is 8.53. The van der Waals surface area contributed by atoms with E-state index < -0.39 is 6.04 Å². The molecule has 0 saturated carbocycles. The molecule has 0 radical (unpaired) electrons. The first kappa shape index (κ1) is 25.1. The number of ketones is 1. The molecule has 2 N–H and O–H groups in total. The van der Waals surface area contributed by atoms with Crippen LogP contribution in [0.25, 0.3) is 10.9 Å². The molecule has 1 heterocycles. The molecule has 0 aliphatic carbocycles. The molecule has 6 heteroatoms. The average Bonchev–Trinajstić information content (AvgIpc) is 2.86. The van der Waals surface area contributed by atoms with Crippen LogP contribution in [0.4, 0.5) is 0 Å². The first-order valence-electron chi connectivity index (χ1n) is 12.0. The SMILES string of the molecule is CCC(=O)CCCCC[C@H](NC(=O)Cc1ccccc1)C(=O)NCc1cnc2ccccc2c1. The van der Waals surface area contributed by atoms with E-state index in [9.17, 15) is 14.4 Å². The van der Waals surface area contributed by atoms with Crippen LogP contribution in [0.15, 0.2) is 66.9 Å². The molecule has 0 fully saturated rings. The Morgan fingerprint density at radius 1 is 0.912 bits per heavy atom. The molecule has 0 spiro atoms. The normalized spacial score (nSPS) is 11.7. The van der Waals surface area contributed by atoms with Crippen molar-refractivity contribution >= 4 is 28.5 Å². The quantitative estimate of drug-likeness (QED) is 0.368. The maximum Gasteiger partial charge on any atom is 0.242 e. The number of hydrogen-bond donors (Lipinski definition) is 2. The predicted molar refractivity (Wildman–Crippen MR) is 134 cm³/mol. The zero-order valence-electron chi connectivity index (χ0n) is 19.8. The Kier molecular flexibility index (Phi) is 9.77. The van der Waals surface area contributed by atoms with Gasteiger partial charge in [0.05, 0.1) is 11.9 Å². The summed E-state index contributed by atoms with van der Waals surface area (Å²) in [6.45, 7) is 2.21. The number of nitrogens with one attached hydrogen (secondary N) is 2. The molecule has 3 rings (SSSR count). The number of hydrogen-bond acceptors (Lipinski definition) is 4. The number of Topliss-reactive ketones (excluding diaryl/α,β-unsaturated/α-hetero) is 1. The first-order valence-corrected chi connectivity index (χ1v) is 12.0. The smallest absolute Gasteiger partial charge is 0.242 e. The van der Waals surface area contributed by atoms with Crippen molar-refractivity contribution in [2.75, 3.05) is 0 Å². The number of carbonyl (C=O) groups excluding carboxylic acids is 3. The molecule has 178 valence electrons. The lowest BCUT2D eigenvalue weighted by atomic mass is 10.0. The van der Waals surface area contributed by atoms with E-state index in [-0.39, 0.29) is 24.0 Å². The van der Waals surface area contributed by atoms with E-state index >= 15 is 0 Å². The summed E-state index contributed by atoms with van der Waals surface area (Å²) in [7, 11) is 0. The van der Waals surface area contributed by atoms with E-state index in [2.05, 4.69) is 15.6 Å². The maximum atomic E-state index is 13.0. The Bertz CT molecular complexity index is 1100. The van der Waals surface area contributed by atoms with Gasteiger partial charge in [0.15, 0.2) is 0 Å². The summed E-state index contributed by atoms with van der Waals surface area (Å²) >= 11 is 0. The fraction of sp³-hybridized carbons (Fsp3) is 0.357. The first-order chi connectivity index (χ1) is 16.5. The van der Waals surface area contributed by atoms with Crippen LogP contribution >= 0.6 is 0 Å². The van der Waals surface area contributed by atoms with E-state index in [0.29, 0.717) is 25.8 Å².